The van der Waals surface area contributed by atoms with E-state index in [0.29, 0.717) is 10.0 Å². The van der Waals surface area contributed by atoms with E-state index in [9.17, 15) is 4.79 Å². The number of amides is 2. The SMILES string of the molecule is Cc1cc2c(NC(=O)N[C@@H]3CCN(Cc4ccc(Cl)c(Cl)c4)C3)cccc2cn1. The smallest absolute Gasteiger partial charge is 0.319 e. The first-order valence-electron chi connectivity index (χ1n) is 9.57. The van der Waals surface area contributed by atoms with E-state index in [1.54, 1.807) is 0 Å². The Morgan fingerprint density at radius 3 is 2.90 bits per heavy atom. The van der Waals surface area contributed by atoms with Crippen LogP contribution >= 0.6 is 23.2 Å². The van der Waals surface area contributed by atoms with Gasteiger partial charge in [-0.1, -0.05) is 41.4 Å². The summed E-state index contributed by atoms with van der Waals surface area (Å²) in [6.07, 6.45) is 2.74. The van der Waals surface area contributed by atoms with Crippen LogP contribution in [-0.2, 0) is 6.54 Å². The number of hydrogen-bond acceptors (Lipinski definition) is 3. The minimum Gasteiger partial charge on any atom is -0.334 e. The lowest BCUT2D eigenvalue weighted by Crippen LogP contribution is -2.39. The molecular weight excluding hydrogens is 407 g/mol. The normalized spacial score (nSPS) is 16.9. The van der Waals surface area contributed by atoms with Gasteiger partial charge in [-0.25, -0.2) is 4.79 Å². The zero-order valence-electron chi connectivity index (χ0n) is 16.1. The molecule has 2 heterocycles. The highest BCUT2D eigenvalue weighted by Gasteiger charge is 2.24. The molecule has 1 atom stereocenters. The number of aryl methyl sites for hydroxylation is 1. The fourth-order valence-corrected chi connectivity index (χ4v) is 4.04. The molecule has 0 bridgehead atoms. The molecule has 1 fully saturated rings. The molecule has 0 unspecified atom stereocenters. The van der Waals surface area contributed by atoms with Gasteiger partial charge in [-0.15, -0.1) is 0 Å². The average Bonchev–Trinajstić information content (AvgIpc) is 3.12. The summed E-state index contributed by atoms with van der Waals surface area (Å²) in [7, 11) is 0. The lowest BCUT2D eigenvalue weighted by atomic mass is 10.1. The van der Waals surface area contributed by atoms with E-state index in [2.05, 4.69) is 20.5 Å². The molecule has 5 nitrogen and oxygen atoms in total. The summed E-state index contributed by atoms with van der Waals surface area (Å²) in [5.74, 6) is 0. The lowest BCUT2D eigenvalue weighted by Gasteiger charge is -2.18. The van der Waals surface area contributed by atoms with Gasteiger partial charge < -0.3 is 10.6 Å². The molecule has 1 aliphatic rings. The number of nitrogens with zero attached hydrogens (tertiary/aromatic N) is 2. The zero-order valence-corrected chi connectivity index (χ0v) is 17.6. The van der Waals surface area contributed by atoms with Gasteiger partial charge in [-0.05, 0) is 43.2 Å². The summed E-state index contributed by atoms with van der Waals surface area (Å²) in [4.78, 5) is 19.2. The average molecular weight is 429 g/mol. The molecule has 0 radical (unpaired) electrons. The molecule has 2 N–H and O–H groups in total. The number of likely N-dealkylation sites (tertiary alicyclic amines) is 1. The molecule has 0 spiro atoms. The number of carbonyl (C=O) groups excluding carboxylic acids is 1. The highest BCUT2D eigenvalue weighted by Crippen LogP contribution is 2.25. The van der Waals surface area contributed by atoms with Crippen LogP contribution in [0.25, 0.3) is 10.8 Å². The van der Waals surface area contributed by atoms with Crippen LogP contribution in [0.5, 0.6) is 0 Å². The quantitative estimate of drug-likeness (QED) is 0.596. The Morgan fingerprint density at radius 1 is 1.21 bits per heavy atom. The number of hydrogen-bond donors (Lipinski definition) is 2. The molecule has 7 heteroatoms. The third-order valence-electron chi connectivity index (χ3n) is 5.15. The second-order valence-electron chi connectivity index (χ2n) is 7.42. The second-order valence-corrected chi connectivity index (χ2v) is 8.23. The van der Waals surface area contributed by atoms with Crippen LogP contribution in [0.1, 0.15) is 17.7 Å². The monoisotopic (exact) mass is 428 g/mol. The predicted molar refractivity (Wildman–Crippen MR) is 119 cm³/mol. The van der Waals surface area contributed by atoms with Crippen molar-refractivity contribution in [3.05, 3.63) is 70.0 Å². The maximum absolute atomic E-state index is 12.6. The Balaban J connectivity index is 1.35. The van der Waals surface area contributed by atoms with Gasteiger partial charge in [0.05, 0.1) is 15.7 Å². The van der Waals surface area contributed by atoms with Gasteiger partial charge >= 0.3 is 6.03 Å². The van der Waals surface area contributed by atoms with E-state index < -0.39 is 0 Å². The Bertz CT molecular complexity index is 1060. The Labute approximate surface area is 180 Å². The summed E-state index contributed by atoms with van der Waals surface area (Å²) < 4.78 is 0. The van der Waals surface area contributed by atoms with Crippen molar-refractivity contribution in [2.75, 3.05) is 18.4 Å². The lowest BCUT2D eigenvalue weighted by molar-refractivity contribution is 0.247. The van der Waals surface area contributed by atoms with E-state index in [1.807, 2.05) is 55.6 Å². The van der Waals surface area contributed by atoms with Gasteiger partial charge in [-0.3, -0.25) is 9.88 Å². The summed E-state index contributed by atoms with van der Waals surface area (Å²) >= 11 is 12.1. The van der Waals surface area contributed by atoms with E-state index in [-0.39, 0.29) is 12.1 Å². The highest BCUT2D eigenvalue weighted by molar-refractivity contribution is 6.42. The van der Waals surface area contributed by atoms with Gasteiger partial charge in [-0.2, -0.15) is 0 Å². The Hall–Kier alpha value is -2.34. The molecule has 150 valence electrons. The van der Waals surface area contributed by atoms with Crippen molar-refractivity contribution in [1.29, 1.82) is 0 Å². The molecule has 2 aromatic carbocycles. The Kier molecular flexibility index (Phi) is 5.90. The van der Waals surface area contributed by atoms with Gasteiger partial charge in [0.25, 0.3) is 0 Å². The van der Waals surface area contributed by atoms with Crippen molar-refractivity contribution < 1.29 is 4.79 Å². The van der Waals surface area contributed by atoms with Crippen molar-refractivity contribution in [1.82, 2.24) is 15.2 Å². The third kappa shape index (κ3) is 4.81. The highest BCUT2D eigenvalue weighted by atomic mass is 35.5. The molecule has 1 aromatic heterocycles. The Morgan fingerprint density at radius 2 is 2.07 bits per heavy atom. The maximum Gasteiger partial charge on any atom is 0.319 e. The number of carbonyl (C=O) groups is 1. The first-order valence-corrected chi connectivity index (χ1v) is 10.3. The summed E-state index contributed by atoms with van der Waals surface area (Å²) in [5.41, 5.74) is 2.82. The second kappa shape index (κ2) is 8.57. The van der Waals surface area contributed by atoms with Crippen LogP contribution in [0.3, 0.4) is 0 Å². The zero-order chi connectivity index (χ0) is 20.4. The van der Waals surface area contributed by atoms with Crippen LogP contribution in [0.2, 0.25) is 10.0 Å². The number of benzene rings is 2. The molecule has 3 aromatic rings. The van der Waals surface area contributed by atoms with Gasteiger partial charge in [0.15, 0.2) is 0 Å². The number of pyridine rings is 1. The maximum atomic E-state index is 12.6. The fourth-order valence-electron chi connectivity index (χ4n) is 3.72. The number of urea groups is 1. The molecule has 0 aliphatic carbocycles. The van der Waals surface area contributed by atoms with Crippen molar-refractivity contribution >= 4 is 45.7 Å². The van der Waals surface area contributed by atoms with Gasteiger partial charge in [0, 0.05) is 48.3 Å². The molecule has 0 saturated carbocycles. The van der Waals surface area contributed by atoms with Crippen LogP contribution in [0, 0.1) is 6.92 Å². The number of rotatable bonds is 4. The first kappa shape index (κ1) is 20.0. The van der Waals surface area contributed by atoms with Crippen LogP contribution < -0.4 is 10.6 Å². The van der Waals surface area contributed by atoms with Gasteiger partial charge in [0.2, 0.25) is 0 Å². The molecular formula is C22H22Cl2N4O. The number of fused-ring (bicyclic) bond motifs is 1. The van der Waals surface area contributed by atoms with Gasteiger partial charge in [0.1, 0.15) is 0 Å². The molecule has 4 rings (SSSR count). The molecule has 2 amide bonds. The largest absolute Gasteiger partial charge is 0.334 e. The standard InChI is InChI=1S/C22H22Cl2N4O/c1-14-9-18-16(11-25-14)3-2-4-21(18)27-22(29)26-17-7-8-28(13-17)12-15-5-6-19(23)20(24)10-15/h2-6,9-11,17H,7-8,12-13H2,1H3,(H2,26,27,29)/t17-/m1/s1. The van der Waals surface area contributed by atoms with Crippen molar-refractivity contribution in [2.24, 2.45) is 0 Å². The molecule has 1 saturated heterocycles. The predicted octanol–water partition coefficient (Wildman–Crippen LogP) is 5.25. The van der Waals surface area contributed by atoms with E-state index in [4.69, 9.17) is 23.2 Å². The summed E-state index contributed by atoms with van der Waals surface area (Å²) in [6.45, 7) is 4.44. The van der Waals surface area contributed by atoms with E-state index >= 15 is 0 Å². The third-order valence-corrected chi connectivity index (χ3v) is 5.89. The van der Waals surface area contributed by atoms with Crippen molar-refractivity contribution in [2.45, 2.75) is 25.9 Å². The number of halogens is 2. The van der Waals surface area contributed by atoms with Crippen molar-refractivity contribution in [3.63, 3.8) is 0 Å². The summed E-state index contributed by atoms with van der Waals surface area (Å²) in [5, 5.41) is 9.20. The number of anilines is 1. The van der Waals surface area contributed by atoms with E-state index in [0.717, 1.165) is 53.8 Å². The minimum absolute atomic E-state index is 0.108. The fraction of sp³-hybridized carbons (Fsp3) is 0.273. The summed E-state index contributed by atoms with van der Waals surface area (Å²) in [6, 6.07) is 13.4. The number of nitrogens with one attached hydrogen (secondary N) is 2. The van der Waals surface area contributed by atoms with E-state index in [1.165, 1.54) is 0 Å². The molecule has 1 aliphatic heterocycles. The number of aromatic nitrogens is 1. The first-order chi connectivity index (χ1) is 14.0. The minimum atomic E-state index is -0.187. The van der Waals surface area contributed by atoms with Crippen LogP contribution in [0.15, 0.2) is 48.7 Å². The van der Waals surface area contributed by atoms with Crippen LogP contribution in [0.4, 0.5) is 10.5 Å². The van der Waals surface area contributed by atoms with Crippen LogP contribution in [-0.4, -0.2) is 35.0 Å². The topological polar surface area (TPSA) is 57.3 Å². The molecule has 29 heavy (non-hydrogen) atoms. The van der Waals surface area contributed by atoms with Crippen molar-refractivity contribution in [3.8, 4) is 0 Å².